The molecule has 5 aromatic rings. The summed E-state index contributed by atoms with van der Waals surface area (Å²) in [6, 6.07) is 39.2. The number of hydrogen-bond donors (Lipinski definition) is 2. The highest BCUT2D eigenvalue weighted by Crippen LogP contribution is 2.42. The molecule has 0 aliphatic carbocycles. The maximum Gasteiger partial charge on any atom is 0.494 e. The normalized spacial score (nSPS) is 15.0. The van der Waals surface area contributed by atoms with Crippen molar-refractivity contribution < 1.29 is 29.1 Å². The van der Waals surface area contributed by atoms with Crippen LogP contribution in [-0.4, -0.2) is 52.8 Å². The number of carbonyl (C=O) groups excluding carboxylic acids is 1. The molecule has 0 radical (unpaired) electrons. The number of esters is 1. The summed E-state index contributed by atoms with van der Waals surface area (Å²) in [5, 5.41) is 21.3. The van der Waals surface area contributed by atoms with Crippen molar-refractivity contribution in [2.24, 2.45) is 0 Å². The van der Waals surface area contributed by atoms with Gasteiger partial charge in [0, 0.05) is 10.8 Å². The molecule has 386 valence electrons. The minimum absolute atomic E-state index is 0.0605. The molecule has 0 spiro atoms. The molecule has 0 saturated carbocycles. The van der Waals surface area contributed by atoms with Gasteiger partial charge in [0.1, 0.15) is 0 Å². The third kappa shape index (κ3) is 12.6. The second-order valence-electron chi connectivity index (χ2n) is 21.2. The zero-order valence-corrected chi connectivity index (χ0v) is 46.7. The Labute approximate surface area is 435 Å². The molecule has 1 fully saturated rings. The summed E-state index contributed by atoms with van der Waals surface area (Å²) in [5.74, 6) is -0.234. The average molecular weight is 975 g/mol. The SMILES string of the molecule is CCC(O)(/C=C/c1ccc(C(CC)(CC)c2ccc(-c3ccccc3CC(=O)OC)cc2)cc1C)CC.CCC(O)(/C=C/c1ccc(C(CC)(CC)c2ccc(B3OC(C)(C)C(C)(C)O3)cc2)cc1C)CC. The van der Waals surface area contributed by atoms with Gasteiger partial charge in [-0.15, -0.1) is 0 Å². The monoisotopic (exact) mass is 975 g/mol. The van der Waals surface area contributed by atoms with E-state index < -0.39 is 11.2 Å². The van der Waals surface area contributed by atoms with Crippen molar-refractivity contribution in [3.63, 3.8) is 0 Å². The molecular weight excluding hydrogens is 888 g/mol. The highest BCUT2D eigenvalue weighted by Gasteiger charge is 2.51. The Morgan fingerprint density at radius 1 is 0.556 bits per heavy atom. The van der Waals surface area contributed by atoms with E-state index in [1.165, 1.54) is 40.5 Å². The van der Waals surface area contributed by atoms with Crippen LogP contribution in [0.3, 0.4) is 0 Å². The van der Waals surface area contributed by atoms with E-state index in [1.807, 2.05) is 58.0 Å². The Morgan fingerprint density at radius 3 is 1.32 bits per heavy atom. The molecule has 1 saturated heterocycles. The van der Waals surface area contributed by atoms with Gasteiger partial charge < -0.3 is 24.3 Å². The molecule has 1 heterocycles. The molecule has 0 unspecified atom stereocenters. The fourth-order valence-corrected chi connectivity index (χ4v) is 10.3. The predicted octanol–water partition coefficient (Wildman–Crippen LogP) is 15.0. The summed E-state index contributed by atoms with van der Waals surface area (Å²) in [6.45, 7) is 29.8. The number of methoxy groups -OCH3 is 1. The van der Waals surface area contributed by atoms with Gasteiger partial charge in [-0.2, -0.15) is 0 Å². The van der Waals surface area contributed by atoms with E-state index in [0.29, 0.717) is 25.7 Å². The maximum absolute atomic E-state index is 11.9. The summed E-state index contributed by atoms with van der Waals surface area (Å²) >= 11 is 0. The van der Waals surface area contributed by atoms with Crippen LogP contribution in [0.15, 0.2) is 121 Å². The van der Waals surface area contributed by atoms with Crippen molar-refractivity contribution in [2.75, 3.05) is 7.11 Å². The van der Waals surface area contributed by atoms with Crippen LogP contribution in [0.1, 0.15) is 185 Å². The molecule has 6 rings (SSSR count). The highest BCUT2D eigenvalue weighted by molar-refractivity contribution is 6.62. The van der Waals surface area contributed by atoms with Crippen LogP contribution in [0, 0.1) is 13.8 Å². The summed E-state index contributed by atoms with van der Waals surface area (Å²) in [4.78, 5) is 11.9. The van der Waals surface area contributed by atoms with Gasteiger partial charge >= 0.3 is 13.1 Å². The molecule has 0 amide bonds. The number of benzene rings is 5. The topological polar surface area (TPSA) is 85.2 Å². The van der Waals surface area contributed by atoms with E-state index >= 15 is 0 Å². The molecule has 2 N–H and O–H groups in total. The van der Waals surface area contributed by atoms with Crippen LogP contribution in [-0.2, 0) is 36.1 Å². The molecule has 5 aromatic carbocycles. The molecular formula is C65H87BO6. The first-order valence-corrected chi connectivity index (χ1v) is 26.9. The van der Waals surface area contributed by atoms with Gasteiger partial charge in [0.15, 0.2) is 0 Å². The lowest BCUT2D eigenvalue weighted by molar-refractivity contribution is -0.139. The molecule has 0 aromatic heterocycles. The number of carbonyl (C=O) groups is 1. The molecule has 0 bridgehead atoms. The Kier molecular flexibility index (Phi) is 19.5. The van der Waals surface area contributed by atoms with Crippen molar-refractivity contribution in [3.8, 4) is 11.1 Å². The van der Waals surface area contributed by atoms with Crippen LogP contribution in [0.4, 0.5) is 0 Å². The van der Waals surface area contributed by atoms with Gasteiger partial charge in [-0.1, -0.05) is 189 Å². The van der Waals surface area contributed by atoms with Crippen LogP contribution in [0.2, 0.25) is 0 Å². The Balaban J connectivity index is 0.000000268. The molecule has 0 atom stereocenters. The largest absolute Gasteiger partial charge is 0.494 e. The van der Waals surface area contributed by atoms with Gasteiger partial charge in [-0.3, -0.25) is 4.79 Å². The Morgan fingerprint density at radius 2 is 0.944 bits per heavy atom. The molecule has 72 heavy (non-hydrogen) atoms. The first kappa shape index (κ1) is 57.9. The quantitative estimate of drug-likeness (QED) is 0.0597. The van der Waals surface area contributed by atoms with Crippen LogP contribution >= 0.6 is 0 Å². The van der Waals surface area contributed by atoms with Crippen molar-refractivity contribution in [1.29, 1.82) is 0 Å². The lowest BCUT2D eigenvalue weighted by Crippen LogP contribution is -2.41. The van der Waals surface area contributed by atoms with Crippen LogP contribution < -0.4 is 5.46 Å². The fourth-order valence-electron chi connectivity index (χ4n) is 10.3. The zero-order valence-electron chi connectivity index (χ0n) is 46.7. The second kappa shape index (κ2) is 24.3. The summed E-state index contributed by atoms with van der Waals surface area (Å²) in [6.07, 6.45) is 15.1. The summed E-state index contributed by atoms with van der Waals surface area (Å²) in [7, 11) is 1.08. The minimum Gasteiger partial charge on any atom is -0.469 e. The van der Waals surface area contributed by atoms with Crippen molar-refractivity contribution in [2.45, 2.75) is 188 Å². The first-order valence-electron chi connectivity index (χ1n) is 26.9. The van der Waals surface area contributed by atoms with Gasteiger partial charge in [-0.05, 0) is 160 Å². The van der Waals surface area contributed by atoms with Gasteiger partial charge in [0.05, 0.1) is 35.9 Å². The molecule has 1 aliphatic rings. The Hall–Kier alpha value is -5.05. The third-order valence-corrected chi connectivity index (χ3v) is 17.0. The summed E-state index contributed by atoms with van der Waals surface area (Å²) < 4.78 is 17.4. The van der Waals surface area contributed by atoms with Gasteiger partial charge in [0.2, 0.25) is 0 Å². The average Bonchev–Trinajstić information content (AvgIpc) is 3.62. The second-order valence-corrected chi connectivity index (χ2v) is 21.2. The van der Waals surface area contributed by atoms with Crippen molar-refractivity contribution >= 4 is 30.7 Å². The van der Waals surface area contributed by atoms with E-state index in [9.17, 15) is 15.0 Å². The number of ether oxygens (including phenoxy) is 1. The van der Waals surface area contributed by atoms with E-state index in [2.05, 4.69) is 172 Å². The number of rotatable bonds is 20. The molecule has 6 nitrogen and oxygen atoms in total. The van der Waals surface area contributed by atoms with Crippen LogP contribution in [0.25, 0.3) is 23.3 Å². The standard InChI is InChI=1S/C34H42O3.C31H45BO3/c1-7-33(36,8-2)22-21-26-15-20-30(23-25(26)5)34(9-3,10-4)29-18-16-27(17-19-29)31-14-12-11-13-28(31)24-32(35)37-6;1-10-30(33,11-2)21-20-24-14-15-26(22-23(24)5)31(12-3,13-4)25-16-18-27(19-17-25)32-34-28(6,7)29(8,9)35-32/h11-23,36H,7-10,24H2,1-6H3;14-22,33H,10-13H2,1-9H3/b22-21+;21-20+. The molecule has 1 aliphatic heterocycles. The number of aryl methyl sites for hydroxylation is 2. The van der Waals surface area contributed by atoms with Crippen molar-refractivity contribution in [1.82, 2.24) is 0 Å². The Bertz CT molecular complexity index is 2590. The fraction of sp³-hybridized carbons (Fsp3) is 0.462. The predicted molar refractivity (Wildman–Crippen MR) is 304 cm³/mol. The lowest BCUT2D eigenvalue weighted by Gasteiger charge is -2.34. The number of aliphatic hydroxyl groups is 2. The van der Waals surface area contributed by atoms with Crippen molar-refractivity contribution in [3.05, 3.63) is 171 Å². The van der Waals surface area contributed by atoms with Crippen LogP contribution in [0.5, 0.6) is 0 Å². The van der Waals surface area contributed by atoms with E-state index in [1.54, 1.807) is 0 Å². The first-order chi connectivity index (χ1) is 34.1. The summed E-state index contributed by atoms with van der Waals surface area (Å²) in [5.41, 5.74) is 11.9. The van der Waals surface area contributed by atoms with Gasteiger partial charge in [-0.25, -0.2) is 0 Å². The smallest absolute Gasteiger partial charge is 0.469 e. The van der Waals surface area contributed by atoms with E-state index in [0.717, 1.165) is 59.0 Å². The van der Waals surface area contributed by atoms with Gasteiger partial charge in [0.25, 0.3) is 0 Å². The lowest BCUT2D eigenvalue weighted by atomic mass is 9.69. The zero-order chi connectivity index (χ0) is 53.1. The van der Waals surface area contributed by atoms with E-state index in [4.69, 9.17) is 14.0 Å². The molecule has 7 heteroatoms. The minimum atomic E-state index is -0.751. The third-order valence-electron chi connectivity index (χ3n) is 17.0. The maximum atomic E-state index is 11.9. The van der Waals surface area contributed by atoms with E-state index in [-0.39, 0.29) is 41.5 Å². The highest BCUT2D eigenvalue weighted by atomic mass is 16.7. The number of hydrogen-bond acceptors (Lipinski definition) is 6.